The highest BCUT2D eigenvalue weighted by atomic mass is 16.2. The summed E-state index contributed by atoms with van der Waals surface area (Å²) in [4.78, 5) is 24.3. The average Bonchev–Trinajstić information content (AvgIpc) is 2.02. The fourth-order valence-electron chi connectivity index (χ4n) is 1.70. The van der Waals surface area contributed by atoms with E-state index in [4.69, 9.17) is 0 Å². The molecule has 74 valence electrons. The van der Waals surface area contributed by atoms with E-state index in [1.54, 1.807) is 4.90 Å². The minimum Gasteiger partial charge on any atom is -0.353 e. The van der Waals surface area contributed by atoms with Crippen molar-refractivity contribution in [3.05, 3.63) is 0 Å². The number of hydrogen-bond acceptors (Lipinski definition) is 2. The Bertz CT molecular complexity index is 226. The Hall–Kier alpha value is -1.06. The maximum atomic E-state index is 11.4. The van der Waals surface area contributed by atoms with Crippen LogP contribution in [0, 0.1) is 5.92 Å². The first-order valence-electron chi connectivity index (χ1n) is 4.59. The molecule has 0 aromatic heterocycles. The van der Waals surface area contributed by atoms with Crippen molar-refractivity contribution in [2.75, 3.05) is 13.1 Å². The van der Waals surface area contributed by atoms with Gasteiger partial charge in [0.25, 0.3) is 0 Å². The van der Waals surface area contributed by atoms with Crippen LogP contribution in [0.25, 0.3) is 0 Å². The van der Waals surface area contributed by atoms with E-state index < -0.39 is 0 Å². The molecule has 0 spiro atoms. The number of hydrogen-bond donors (Lipinski definition) is 1. The van der Waals surface area contributed by atoms with Gasteiger partial charge < -0.3 is 10.2 Å². The highest BCUT2D eigenvalue weighted by Crippen LogP contribution is 2.13. The Morgan fingerprint density at radius 1 is 1.62 bits per heavy atom. The molecular weight excluding hydrogens is 168 g/mol. The summed E-state index contributed by atoms with van der Waals surface area (Å²) in [7, 11) is 0. The third-order valence-corrected chi connectivity index (χ3v) is 2.29. The van der Waals surface area contributed by atoms with E-state index in [0.717, 1.165) is 0 Å². The summed E-state index contributed by atoms with van der Waals surface area (Å²) in [5.74, 6) is 0.120. The third kappa shape index (κ3) is 1.99. The smallest absolute Gasteiger partial charge is 0.243 e. The lowest BCUT2D eigenvalue weighted by molar-refractivity contribution is -0.143. The zero-order valence-corrected chi connectivity index (χ0v) is 8.33. The van der Waals surface area contributed by atoms with Crippen LogP contribution in [0.5, 0.6) is 0 Å². The molecule has 0 aromatic rings. The Labute approximate surface area is 78.3 Å². The molecule has 1 aliphatic heterocycles. The molecule has 1 N–H and O–H groups in total. The minimum atomic E-state index is -0.286. The van der Waals surface area contributed by atoms with Gasteiger partial charge in [0, 0.05) is 20.0 Å². The second-order valence-electron chi connectivity index (χ2n) is 3.69. The largest absolute Gasteiger partial charge is 0.353 e. The van der Waals surface area contributed by atoms with Gasteiger partial charge >= 0.3 is 0 Å². The molecule has 1 heterocycles. The summed E-state index contributed by atoms with van der Waals surface area (Å²) in [5.41, 5.74) is 0. The number of rotatable bonds is 1. The van der Waals surface area contributed by atoms with Gasteiger partial charge in [0.15, 0.2) is 0 Å². The van der Waals surface area contributed by atoms with E-state index in [0.29, 0.717) is 13.1 Å². The van der Waals surface area contributed by atoms with Crippen molar-refractivity contribution in [2.45, 2.75) is 26.8 Å². The number of carbonyl (C=O) groups excluding carboxylic acids is 2. The van der Waals surface area contributed by atoms with Crippen molar-refractivity contribution in [2.24, 2.45) is 5.92 Å². The summed E-state index contributed by atoms with van der Waals surface area (Å²) in [5, 5.41) is 2.77. The zero-order valence-electron chi connectivity index (χ0n) is 8.33. The second kappa shape index (κ2) is 3.77. The molecule has 0 aliphatic carbocycles. The third-order valence-electron chi connectivity index (χ3n) is 2.29. The number of carbonyl (C=O) groups is 2. The van der Waals surface area contributed by atoms with Crippen LogP contribution in [0.2, 0.25) is 0 Å². The van der Waals surface area contributed by atoms with Crippen molar-refractivity contribution in [1.29, 1.82) is 0 Å². The van der Waals surface area contributed by atoms with E-state index in [-0.39, 0.29) is 23.8 Å². The normalized spacial score (nSPS) is 23.2. The molecule has 0 saturated carbocycles. The van der Waals surface area contributed by atoms with Crippen LogP contribution in [0.1, 0.15) is 20.8 Å². The van der Waals surface area contributed by atoms with Gasteiger partial charge in [-0.3, -0.25) is 9.59 Å². The van der Waals surface area contributed by atoms with Gasteiger partial charge in [0.1, 0.15) is 6.04 Å². The molecule has 1 rings (SSSR count). The summed E-state index contributed by atoms with van der Waals surface area (Å²) >= 11 is 0. The standard InChI is InChI=1S/C9H16N2O2/c1-6(2)8-9(13)10-4-5-11(8)7(3)12/h6,8H,4-5H2,1-3H3,(H,10,13). The molecule has 13 heavy (non-hydrogen) atoms. The van der Waals surface area contributed by atoms with E-state index in [9.17, 15) is 9.59 Å². The predicted molar refractivity (Wildman–Crippen MR) is 49.0 cm³/mol. The van der Waals surface area contributed by atoms with Crippen LogP contribution in [-0.4, -0.2) is 35.8 Å². The monoisotopic (exact) mass is 184 g/mol. The topological polar surface area (TPSA) is 49.4 Å². The fourth-order valence-corrected chi connectivity index (χ4v) is 1.70. The molecule has 1 unspecified atom stereocenters. The molecule has 4 heteroatoms. The minimum absolute atomic E-state index is 0.0199. The Kier molecular flexibility index (Phi) is 2.90. The lowest BCUT2D eigenvalue weighted by atomic mass is 10.00. The van der Waals surface area contributed by atoms with Crippen LogP contribution < -0.4 is 5.32 Å². The molecule has 0 aromatic carbocycles. The van der Waals surface area contributed by atoms with Crippen molar-refractivity contribution in [3.8, 4) is 0 Å². The van der Waals surface area contributed by atoms with Crippen LogP contribution >= 0.6 is 0 Å². The van der Waals surface area contributed by atoms with E-state index in [2.05, 4.69) is 5.32 Å². The molecule has 0 bridgehead atoms. The van der Waals surface area contributed by atoms with Crippen LogP contribution in [0.3, 0.4) is 0 Å². The lowest BCUT2D eigenvalue weighted by Crippen LogP contribution is -2.58. The van der Waals surface area contributed by atoms with Crippen LogP contribution in [0.4, 0.5) is 0 Å². The first-order chi connectivity index (χ1) is 6.04. The average molecular weight is 184 g/mol. The fraction of sp³-hybridized carbons (Fsp3) is 0.778. The SMILES string of the molecule is CC(=O)N1CCNC(=O)C1C(C)C. The van der Waals surface area contributed by atoms with Crippen LogP contribution in [0.15, 0.2) is 0 Å². The van der Waals surface area contributed by atoms with Crippen LogP contribution in [-0.2, 0) is 9.59 Å². The van der Waals surface area contributed by atoms with Crippen molar-refractivity contribution in [1.82, 2.24) is 10.2 Å². The number of nitrogens with zero attached hydrogens (tertiary/aromatic N) is 1. The molecule has 1 fully saturated rings. The van der Waals surface area contributed by atoms with Gasteiger partial charge in [-0.15, -0.1) is 0 Å². The second-order valence-corrected chi connectivity index (χ2v) is 3.69. The number of nitrogens with one attached hydrogen (secondary N) is 1. The first-order valence-corrected chi connectivity index (χ1v) is 4.59. The van der Waals surface area contributed by atoms with Gasteiger partial charge in [-0.25, -0.2) is 0 Å². The number of amides is 2. The van der Waals surface area contributed by atoms with E-state index >= 15 is 0 Å². The Morgan fingerprint density at radius 2 is 2.23 bits per heavy atom. The quantitative estimate of drug-likeness (QED) is 0.623. The summed E-state index contributed by atoms with van der Waals surface area (Å²) in [6, 6.07) is -0.286. The van der Waals surface area contributed by atoms with Gasteiger partial charge in [0.05, 0.1) is 0 Å². The van der Waals surface area contributed by atoms with Gasteiger partial charge in [0.2, 0.25) is 11.8 Å². The molecule has 1 atom stereocenters. The molecular formula is C9H16N2O2. The zero-order chi connectivity index (χ0) is 10.0. The summed E-state index contributed by atoms with van der Waals surface area (Å²) in [6.45, 7) is 6.61. The Balaban J connectivity index is 2.80. The maximum Gasteiger partial charge on any atom is 0.243 e. The van der Waals surface area contributed by atoms with Gasteiger partial charge in [-0.1, -0.05) is 13.8 Å². The number of piperazine rings is 1. The van der Waals surface area contributed by atoms with Gasteiger partial charge in [-0.2, -0.15) is 0 Å². The first kappa shape index (κ1) is 10.0. The summed E-state index contributed by atoms with van der Waals surface area (Å²) < 4.78 is 0. The lowest BCUT2D eigenvalue weighted by Gasteiger charge is -2.36. The van der Waals surface area contributed by atoms with Crippen molar-refractivity contribution >= 4 is 11.8 Å². The Morgan fingerprint density at radius 3 is 2.62 bits per heavy atom. The summed E-state index contributed by atoms with van der Waals surface area (Å²) in [6.07, 6.45) is 0. The van der Waals surface area contributed by atoms with E-state index in [1.165, 1.54) is 6.92 Å². The highest BCUT2D eigenvalue weighted by molar-refractivity contribution is 5.88. The molecule has 4 nitrogen and oxygen atoms in total. The van der Waals surface area contributed by atoms with Crippen molar-refractivity contribution < 1.29 is 9.59 Å². The highest BCUT2D eigenvalue weighted by Gasteiger charge is 2.33. The maximum absolute atomic E-state index is 11.4. The predicted octanol–water partition coefficient (Wildman–Crippen LogP) is -0.0107. The molecule has 2 amide bonds. The van der Waals surface area contributed by atoms with Crippen molar-refractivity contribution in [3.63, 3.8) is 0 Å². The van der Waals surface area contributed by atoms with Gasteiger partial charge in [-0.05, 0) is 5.92 Å². The molecule has 1 aliphatic rings. The van der Waals surface area contributed by atoms with E-state index in [1.807, 2.05) is 13.8 Å². The molecule has 0 radical (unpaired) electrons. The molecule has 1 saturated heterocycles.